The lowest BCUT2D eigenvalue weighted by molar-refractivity contribution is 0.0783. The van der Waals surface area contributed by atoms with Crippen LogP contribution in [0.3, 0.4) is 0 Å². The summed E-state index contributed by atoms with van der Waals surface area (Å²) in [6.45, 7) is 1.63. The second-order valence-electron chi connectivity index (χ2n) is 4.67. The summed E-state index contributed by atoms with van der Waals surface area (Å²) in [5.41, 5.74) is 0.678. The summed E-state index contributed by atoms with van der Waals surface area (Å²) in [6, 6.07) is 7.61. The zero-order valence-corrected chi connectivity index (χ0v) is 10.9. The Labute approximate surface area is 107 Å². The number of nitrogens with zero attached hydrogens (tertiary/aromatic N) is 2. The van der Waals surface area contributed by atoms with Crippen molar-refractivity contribution in [3.63, 3.8) is 0 Å². The molecule has 1 saturated heterocycles. The molecule has 0 aliphatic carbocycles. The number of carbonyl (C=O) groups is 1. The molecule has 1 unspecified atom stereocenters. The van der Waals surface area contributed by atoms with E-state index in [1.54, 1.807) is 12.1 Å². The molecule has 1 aliphatic heterocycles. The van der Waals surface area contributed by atoms with Crippen molar-refractivity contribution >= 4 is 17.5 Å². The van der Waals surface area contributed by atoms with Crippen LogP contribution in [0.1, 0.15) is 16.8 Å². The molecule has 1 fully saturated rings. The molecule has 0 bridgehead atoms. The Balaban J connectivity index is 2.07. The van der Waals surface area contributed by atoms with Gasteiger partial charge in [0.2, 0.25) is 0 Å². The molecule has 0 aromatic heterocycles. The molecule has 3 nitrogen and oxygen atoms in total. The van der Waals surface area contributed by atoms with Crippen LogP contribution < -0.4 is 0 Å². The topological polar surface area (TPSA) is 23.6 Å². The number of hydrogen-bond acceptors (Lipinski definition) is 2. The van der Waals surface area contributed by atoms with Crippen molar-refractivity contribution in [1.82, 2.24) is 9.80 Å². The second-order valence-corrected chi connectivity index (χ2v) is 5.10. The highest BCUT2D eigenvalue weighted by molar-refractivity contribution is 6.30. The number of benzene rings is 1. The maximum atomic E-state index is 12.2. The fraction of sp³-hybridized carbons (Fsp3) is 0.462. The van der Waals surface area contributed by atoms with Gasteiger partial charge in [0.05, 0.1) is 0 Å². The van der Waals surface area contributed by atoms with E-state index in [-0.39, 0.29) is 5.91 Å². The van der Waals surface area contributed by atoms with Crippen LogP contribution in [0.15, 0.2) is 24.3 Å². The van der Waals surface area contributed by atoms with Crippen molar-refractivity contribution in [1.29, 1.82) is 0 Å². The molecule has 1 aliphatic rings. The van der Waals surface area contributed by atoms with Crippen LogP contribution in [0.4, 0.5) is 0 Å². The Morgan fingerprint density at radius 2 is 2.24 bits per heavy atom. The van der Waals surface area contributed by atoms with Gasteiger partial charge in [-0.2, -0.15) is 0 Å². The molecule has 17 heavy (non-hydrogen) atoms. The number of halogens is 1. The molecule has 1 aromatic carbocycles. The van der Waals surface area contributed by atoms with E-state index in [0.717, 1.165) is 19.5 Å². The van der Waals surface area contributed by atoms with E-state index in [2.05, 4.69) is 19.0 Å². The summed E-state index contributed by atoms with van der Waals surface area (Å²) in [4.78, 5) is 16.3. The first-order chi connectivity index (χ1) is 8.08. The highest BCUT2D eigenvalue weighted by Crippen LogP contribution is 2.18. The highest BCUT2D eigenvalue weighted by Gasteiger charge is 2.27. The largest absolute Gasteiger partial charge is 0.337 e. The standard InChI is InChI=1S/C13H17ClN2O/c1-15(2)12-6-7-16(9-12)13(17)10-4-3-5-11(14)8-10/h3-5,8,12H,6-7,9H2,1-2H3. The van der Waals surface area contributed by atoms with Gasteiger partial charge in [0.25, 0.3) is 5.91 Å². The minimum atomic E-state index is 0.0804. The van der Waals surface area contributed by atoms with E-state index in [0.29, 0.717) is 16.6 Å². The average molecular weight is 253 g/mol. The number of amides is 1. The van der Waals surface area contributed by atoms with Crippen LogP contribution in [0.5, 0.6) is 0 Å². The Morgan fingerprint density at radius 3 is 2.82 bits per heavy atom. The summed E-state index contributed by atoms with van der Waals surface area (Å²) < 4.78 is 0. The number of carbonyl (C=O) groups excluding carboxylic acids is 1. The third-order valence-electron chi connectivity index (χ3n) is 3.25. The molecular formula is C13H17ClN2O. The second kappa shape index (κ2) is 5.07. The average Bonchev–Trinajstić information content (AvgIpc) is 2.77. The summed E-state index contributed by atoms with van der Waals surface area (Å²) in [6.07, 6.45) is 1.04. The molecule has 4 heteroatoms. The molecule has 0 radical (unpaired) electrons. The van der Waals surface area contributed by atoms with Gasteiger partial charge in [0.15, 0.2) is 0 Å². The predicted octanol–water partition coefficient (Wildman–Crippen LogP) is 2.12. The van der Waals surface area contributed by atoms with E-state index in [1.807, 2.05) is 17.0 Å². The van der Waals surface area contributed by atoms with E-state index < -0.39 is 0 Å². The predicted molar refractivity (Wildman–Crippen MR) is 69.4 cm³/mol. The van der Waals surface area contributed by atoms with Crippen molar-refractivity contribution in [2.45, 2.75) is 12.5 Å². The fourth-order valence-corrected chi connectivity index (χ4v) is 2.34. The maximum Gasteiger partial charge on any atom is 0.253 e. The lowest BCUT2D eigenvalue weighted by atomic mass is 10.2. The van der Waals surface area contributed by atoms with Crippen LogP contribution in [0.25, 0.3) is 0 Å². The zero-order chi connectivity index (χ0) is 12.4. The van der Waals surface area contributed by atoms with Crippen molar-refractivity contribution in [3.8, 4) is 0 Å². The van der Waals surface area contributed by atoms with Gasteiger partial charge in [-0.3, -0.25) is 4.79 Å². The zero-order valence-electron chi connectivity index (χ0n) is 10.2. The Morgan fingerprint density at radius 1 is 1.47 bits per heavy atom. The van der Waals surface area contributed by atoms with Gasteiger partial charge in [0, 0.05) is 29.7 Å². The first-order valence-corrected chi connectivity index (χ1v) is 6.17. The van der Waals surface area contributed by atoms with Crippen LogP contribution in [-0.2, 0) is 0 Å². The van der Waals surface area contributed by atoms with Crippen LogP contribution in [0, 0.1) is 0 Å². The Bertz CT molecular complexity index is 420. The van der Waals surface area contributed by atoms with Gasteiger partial charge in [-0.25, -0.2) is 0 Å². The van der Waals surface area contributed by atoms with Gasteiger partial charge in [-0.1, -0.05) is 17.7 Å². The van der Waals surface area contributed by atoms with Crippen LogP contribution in [0.2, 0.25) is 5.02 Å². The number of rotatable bonds is 2. The SMILES string of the molecule is CN(C)C1CCN(C(=O)c2cccc(Cl)c2)C1. The molecule has 2 rings (SSSR count). The first-order valence-electron chi connectivity index (χ1n) is 5.79. The van der Waals surface area contributed by atoms with Gasteiger partial charge >= 0.3 is 0 Å². The smallest absolute Gasteiger partial charge is 0.253 e. The van der Waals surface area contributed by atoms with E-state index in [9.17, 15) is 4.79 Å². The van der Waals surface area contributed by atoms with E-state index >= 15 is 0 Å². The van der Waals surface area contributed by atoms with E-state index in [1.165, 1.54) is 0 Å². The van der Waals surface area contributed by atoms with E-state index in [4.69, 9.17) is 11.6 Å². The maximum absolute atomic E-state index is 12.2. The van der Waals surface area contributed by atoms with Gasteiger partial charge in [0.1, 0.15) is 0 Å². The number of likely N-dealkylation sites (tertiary alicyclic amines) is 1. The highest BCUT2D eigenvalue weighted by atomic mass is 35.5. The van der Waals surface area contributed by atoms with Crippen molar-refractivity contribution in [2.75, 3.05) is 27.2 Å². The van der Waals surface area contributed by atoms with Gasteiger partial charge in [-0.05, 0) is 38.7 Å². The molecule has 0 saturated carbocycles. The molecule has 1 atom stereocenters. The third kappa shape index (κ3) is 2.79. The summed E-state index contributed by atoms with van der Waals surface area (Å²) in [7, 11) is 4.11. The molecular weight excluding hydrogens is 236 g/mol. The molecule has 92 valence electrons. The third-order valence-corrected chi connectivity index (χ3v) is 3.49. The monoisotopic (exact) mass is 252 g/mol. The molecule has 0 N–H and O–H groups in total. The lowest BCUT2D eigenvalue weighted by Crippen LogP contribution is -2.34. The van der Waals surface area contributed by atoms with Crippen molar-refractivity contribution in [3.05, 3.63) is 34.9 Å². The van der Waals surface area contributed by atoms with Crippen molar-refractivity contribution < 1.29 is 4.79 Å². The fourth-order valence-electron chi connectivity index (χ4n) is 2.15. The summed E-state index contributed by atoms with van der Waals surface area (Å²) >= 11 is 5.90. The van der Waals surface area contributed by atoms with Crippen LogP contribution in [-0.4, -0.2) is 48.9 Å². The minimum Gasteiger partial charge on any atom is -0.337 e. The molecule has 1 aromatic rings. The lowest BCUT2D eigenvalue weighted by Gasteiger charge is -2.20. The minimum absolute atomic E-state index is 0.0804. The van der Waals surface area contributed by atoms with Gasteiger partial charge in [-0.15, -0.1) is 0 Å². The quantitative estimate of drug-likeness (QED) is 0.805. The molecule has 1 amide bonds. The van der Waals surface area contributed by atoms with Gasteiger partial charge < -0.3 is 9.80 Å². The van der Waals surface area contributed by atoms with Crippen LogP contribution >= 0.6 is 11.6 Å². The normalized spacial score (nSPS) is 20.0. The van der Waals surface area contributed by atoms with Crippen molar-refractivity contribution in [2.24, 2.45) is 0 Å². The Hall–Kier alpha value is -1.06. The number of likely N-dealkylation sites (N-methyl/N-ethyl adjacent to an activating group) is 1. The summed E-state index contributed by atoms with van der Waals surface area (Å²) in [5.74, 6) is 0.0804. The molecule has 0 spiro atoms. The Kier molecular flexibility index (Phi) is 3.69. The summed E-state index contributed by atoms with van der Waals surface area (Å²) in [5, 5.41) is 0.610. The number of hydrogen-bond donors (Lipinski definition) is 0. The molecule has 1 heterocycles. The first kappa shape index (κ1) is 12.4.